The highest BCUT2D eigenvalue weighted by Gasteiger charge is 2.40. The van der Waals surface area contributed by atoms with Crippen LogP contribution in [0.2, 0.25) is 0 Å². The van der Waals surface area contributed by atoms with Crippen LogP contribution in [0.1, 0.15) is 44.5 Å². The minimum Gasteiger partial charge on any atom is -0.444 e. The molecule has 4 heterocycles. The van der Waals surface area contributed by atoms with Crippen LogP contribution in [-0.2, 0) is 16.5 Å². The van der Waals surface area contributed by atoms with Crippen molar-refractivity contribution in [1.82, 2.24) is 34.2 Å². The molecule has 2 N–H and O–H groups in total. The number of hydrogen-bond donors (Lipinski definition) is 1. The van der Waals surface area contributed by atoms with Crippen LogP contribution in [0, 0.1) is 23.5 Å². The molecule has 1 saturated heterocycles. The summed E-state index contributed by atoms with van der Waals surface area (Å²) < 4.78 is 68.5. The summed E-state index contributed by atoms with van der Waals surface area (Å²) in [7, 11) is 1.61. The quantitative estimate of drug-likeness (QED) is 0.289. The summed E-state index contributed by atoms with van der Waals surface area (Å²) in [5.41, 5.74) is 5.28. The number of carbonyl (C=O) groups is 1. The lowest BCUT2D eigenvalue weighted by atomic mass is 10.1. The van der Waals surface area contributed by atoms with Gasteiger partial charge in [-0.05, 0) is 33.1 Å². The second kappa shape index (κ2) is 10.5. The number of amides is 1. The van der Waals surface area contributed by atoms with Gasteiger partial charge in [-0.15, -0.1) is 0 Å². The van der Waals surface area contributed by atoms with E-state index in [0.29, 0.717) is 0 Å². The summed E-state index contributed by atoms with van der Waals surface area (Å²) in [6.07, 6.45) is 2.03. The first-order chi connectivity index (χ1) is 19.3. The Morgan fingerprint density at radius 3 is 2.68 bits per heavy atom. The molecule has 1 aromatic carbocycles. The van der Waals surface area contributed by atoms with Gasteiger partial charge in [0, 0.05) is 19.7 Å². The maximum atomic E-state index is 15.1. The average molecular weight is 575 g/mol. The summed E-state index contributed by atoms with van der Waals surface area (Å²) in [4.78, 5) is 26.4. The molecule has 0 aliphatic carbocycles. The Hall–Kier alpha value is -4.45. The molecule has 15 heteroatoms. The van der Waals surface area contributed by atoms with Crippen molar-refractivity contribution in [2.75, 3.05) is 18.9 Å². The number of likely N-dealkylation sites (tertiary alicyclic amines) is 1. The van der Waals surface area contributed by atoms with Crippen LogP contribution in [0.4, 0.5) is 28.2 Å². The first kappa shape index (κ1) is 28.1. The number of ether oxygens (including phenoxy) is 2. The lowest BCUT2D eigenvalue weighted by Crippen LogP contribution is -2.42. The fraction of sp³-hybridized carbons (Fsp3) is 0.423. The van der Waals surface area contributed by atoms with E-state index in [0.717, 1.165) is 6.07 Å². The molecule has 5 rings (SSSR count). The van der Waals surface area contributed by atoms with Crippen LogP contribution in [0.15, 0.2) is 18.7 Å². The first-order valence-corrected chi connectivity index (χ1v) is 12.5. The third-order valence-electron chi connectivity index (χ3n) is 6.52. The molecule has 0 bridgehead atoms. The second-order valence-corrected chi connectivity index (χ2v) is 10.5. The summed E-state index contributed by atoms with van der Waals surface area (Å²) in [5, 5.41) is 4.73. The third-order valence-corrected chi connectivity index (χ3v) is 6.52. The number of carbonyl (C=O) groups excluding carboxylic acids is 1. The summed E-state index contributed by atoms with van der Waals surface area (Å²) in [5.74, 6) is 3.38. The predicted molar refractivity (Wildman–Crippen MR) is 139 cm³/mol. The number of halogens is 4. The van der Waals surface area contributed by atoms with E-state index in [1.165, 1.54) is 26.8 Å². The summed E-state index contributed by atoms with van der Waals surface area (Å²) >= 11 is 0. The van der Waals surface area contributed by atoms with E-state index in [1.807, 2.05) is 0 Å². The molecule has 11 nitrogen and oxygen atoms in total. The van der Waals surface area contributed by atoms with Crippen LogP contribution in [0.25, 0.3) is 22.1 Å². The number of alkyl halides is 2. The molecule has 0 unspecified atom stereocenters. The van der Waals surface area contributed by atoms with E-state index in [9.17, 15) is 18.0 Å². The number of hydrogen-bond acceptors (Lipinski definition) is 8. The van der Waals surface area contributed by atoms with Crippen LogP contribution < -0.4 is 5.73 Å². The van der Waals surface area contributed by atoms with Crippen LogP contribution >= 0.6 is 0 Å². The van der Waals surface area contributed by atoms with Gasteiger partial charge in [-0.3, -0.25) is 0 Å². The van der Waals surface area contributed by atoms with Crippen molar-refractivity contribution in [1.29, 1.82) is 0 Å². The van der Waals surface area contributed by atoms with Crippen molar-refractivity contribution in [3.05, 3.63) is 41.6 Å². The van der Waals surface area contributed by atoms with E-state index in [1.54, 1.807) is 27.8 Å². The maximum absolute atomic E-state index is 15.1. The van der Waals surface area contributed by atoms with Crippen molar-refractivity contribution in [2.24, 2.45) is 7.05 Å². The van der Waals surface area contributed by atoms with Gasteiger partial charge in [-0.25, -0.2) is 33.2 Å². The molecule has 0 saturated carbocycles. The third kappa shape index (κ3) is 5.47. The predicted octanol–water partition coefficient (Wildman–Crippen LogP) is 3.76. The molecular weight excluding hydrogens is 548 g/mol. The Morgan fingerprint density at radius 2 is 1.98 bits per heavy atom. The molecule has 0 spiro atoms. The Bertz CT molecular complexity index is 1700. The van der Waals surface area contributed by atoms with Crippen molar-refractivity contribution >= 4 is 34.0 Å². The molecular formula is C26H26F4N8O3. The normalized spacial score (nSPS) is 17.4. The zero-order valence-electron chi connectivity index (χ0n) is 22.5. The topological polar surface area (TPSA) is 126 Å². The van der Waals surface area contributed by atoms with Gasteiger partial charge in [-0.2, -0.15) is 13.9 Å². The van der Waals surface area contributed by atoms with Crippen molar-refractivity contribution in [3.63, 3.8) is 0 Å². The maximum Gasteiger partial charge on any atom is 0.410 e. The Morgan fingerprint density at radius 1 is 1.22 bits per heavy atom. The number of nitrogens with zero attached hydrogens (tertiary/aromatic N) is 7. The van der Waals surface area contributed by atoms with E-state index >= 15 is 4.39 Å². The molecule has 216 valence electrons. The van der Waals surface area contributed by atoms with Gasteiger partial charge < -0.3 is 24.7 Å². The SMILES string of the molecule is Cn1cnc2c(F)c(C#Cc3nn([C@H]4C[C@H](COC(F)F)N(C(=O)OC(C)(C)C)C4)c4ncnc(N)c34)c(F)cc21. The fourth-order valence-electron chi connectivity index (χ4n) is 4.72. The van der Waals surface area contributed by atoms with Gasteiger partial charge >= 0.3 is 12.7 Å². The fourth-order valence-corrected chi connectivity index (χ4v) is 4.72. The molecule has 1 aliphatic heterocycles. The highest BCUT2D eigenvalue weighted by molar-refractivity contribution is 5.90. The molecule has 1 aliphatic rings. The molecule has 3 aromatic heterocycles. The van der Waals surface area contributed by atoms with Crippen LogP contribution in [0.5, 0.6) is 0 Å². The highest BCUT2D eigenvalue weighted by atomic mass is 19.3. The molecule has 41 heavy (non-hydrogen) atoms. The number of nitrogens with two attached hydrogens (primary N) is 1. The molecule has 0 radical (unpaired) electrons. The standard InChI is InChI=1S/C26H26F4N8O3/c1-26(2,3)41-25(39)37-9-13(7-14(37)10-40-24(29)30)38-23-19(22(31)32-11-33-23)17(35-38)6-5-15-16(27)8-18-21(20(15)28)34-12-36(18)4/h8,11-14,24H,7,9-10H2,1-4H3,(H2,31,32,33)/t13-,14+/m0/s1. The van der Waals surface area contributed by atoms with Crippen molar-refractivity contribution in [2.45, 2.75) is 51.5 Å². The number of aryl methyl sites for hydroxylation is 1. The van der Waals surface area contributed by atoms with Gasteiger partial charge in [0.15, 0.2) is 11.5 Å². The number of benzene rings is 1. The number of fused-ring (bicyclic) bond motifs is 2. The lowest BCUT2D eigenvalue weighted by molar-refractivity contribution is -0.138. The van der Waals surface area contributed by atoms with Gasteiger partial charge in [0.05, 0.1) is 41.5 Å². The van der Waals surface area contributed by atoms with Crippen LogP contribution in [0.3, 0.4) is 0 Å². The largest absolute Gasteiger partial charge is 0.444 e. The van der Waals surface area contributed by atoms with E-state index < -0.39 is 54.2 Å². The monoisotopic (exact) mass is 574 g/mol. The van der Waals surface area contributed by atoms with Gasteiger partial charge in [0.2, 0.25) is 0 Å². The minimum absolute atomic E-state index is 0.0197. The van der Waals surface area contributed by atoms with Gasteiger partial charge in [-0.1, -0.05) is 5.92 Å². The van der Waals surface area contributed by atoms with Gasteiger partial charge in [0.1, 0.15) is 34.8 Å². The second-order valence-electron chi connectivity index (χ2n) is 10.5. The Labute approximate surface area is 231 Å². The zero-order valence-corrected chi connectivity index (χ0v) is 22.5. The Balaban J connectivity index is 1.54. The lowest BCUT2D eigenvalue weighted by Gasteiger charge is -2.28. The average Bonchev–Trinajstić information content (AvgIpc) is 3.58. The molecule has 4 aromatic rings. The summed E-state index contributed by atoms with van der Waals surface area (Å²) in [6, 6.07) is -0.195. The van der Waals surface area contributed by atoms with E-state index in [2.05, 4.69) is 36.6 Å². The minimum atomic E-state index is -3.03. The Kier molecular flexibility index (Phi) is 7.20. The van der Waals surface area contributed by atoms with Crippen molar-refractivity contribution in [3.8, 4) is 11.8 Å². The smallest absolute Gasteiger partial charge is 0.410 e. The molecule has 2 atom stereocenters. The number of rotatable bonds is 4. The molecule has 1 amide bonds. The number of imidazole rings is 1. The first-order valence-electron chi connectivity index (χ1n) is 12.5. The van der Waals surface area contributed by atoms with Crippen molar-refractivity contribution < 1.29 is 31.8 Å². The van der Waals surface area contributed by atoms with Gasteiger partial charge in [0.25, 0.3) is 0 Å². The summed E-state index contributed by atoms with van der Waals surface area (Å²) in [6.45, 7) is 1.62. The molecule has 1 fully saturated rings. The highest BCUT2D eigenvalue weighted by Crippen LogP contribution is 2.33. The van der Waals surface area contributed by atoms with Crippen LogP contribution in [-0.4, -0.2) is 71.7 Å². The number of aromatic nitrogens is 6. The number of anilines is 1. The van der Waals surface area contributed by atoms with E-state index in [-0.39, 0.29) is 46.5 Å². The number of nitrogen functional groups attached to an aromatic ring is 1. The zero-order chi connectivity index (χ0) is 29.6. The van der Waals surface area contributed by atoms with E-state index in [4.69, 9.17) is 10.5 Å².